The number of hydrogen-bond acceptors (Lipinski definition) is 0. The minimum absolute atomic E-state index is 0.109. The molecule has 0 nitrogen and oxygen atoms in total. The molecule has 0 atom stereocenters. The molecule has 0 radical (unpaired) electrons. The first-order valence-electron chi connectivity index (χ1n) is 6.64. The van der Waals surface area contributed by atoms with E-state index in [1.807, 2.05) is 6.07 Å². The van der Waals surface area contributed by atoms with Crippen molar-refractivity contribution in [3.63, 3.8) is 0 Å². The second kappa shape index (κ2) is 7.38. The van der Waals surface area contributed by atoms with Crippen molar-refractivity contribution in [2.45, 2.75) is 18.8 Å². The molecular formula is C17H16Br3F. The summed E-state index contributed by atoms with van der Waals surface area (Å²) in [7, 11) is 0. The van der Waals surface area contributed by atoms with Gasteiger partial charge in [-0.1, -0.05) is 72.1 Å². The van der Waals surface area contributed by atoms with Crippen molar-refractivity contribution in [3.05, 3.63) is 69.4 Å². The zero-order chi connectivity index (χ0) is 15.5. The van der Waals surface area contributed by atoms with Gasteiger partial charge in [0.15, 0.2) is 0 Å². The van der Waals surface area contributed by atoms with Gasteiger partial charge in [-0.25, -0.2) is 4.39 Å². The molecule has 4 heteroatoms. The van der Waals surface area contributed by atoms with Crippen LogP contribution >= 0.6 is 47.8 Å². The minimum Gasteiger partial charge on any atom is -0.207 e. The van der Waals surface area contributed by atoms with Gasteiger partial charge in [0.25, 0.3) is 0 Å². The van der Waals surface area contributed by atoms with Crippen molar-refractivity contribution in [2.24, 2.45) is 0 Å². The van der Waals surface area contributed by atoms with Crippen LogP contribution in [0, 0.1) is 12.7 Å². The van der Waals surface area contributed by atoms with E-state index < -0.39 is 0 Å². The largest absolute Gasteiger partial charge is 0.207 e. The van der Waals surface area contributed by atoms with Crippen LogP contribution in [0.25, 0.3) is 0 Å². The third-order valence-electron chi connectivity index (χ3n) is 3.76. The Morgan fingerprint density at radius 3 is 2.33 bits per heavy atom. The molecule has 2 aromatic carbocycles. The van der Waals surface area contributed by atoms with Crippen LogP contribution in [-0.4, -0.2) is 10.7 Å². The summed E-state index contributed by atoms with van der Waals surface area (Å²) in [6.45, 7) is 2.12. The molecule has 2 aromatic rings. The second-order valence-electron chi connectivity index (χ2n) is 5.28. The van der Waals surface area contributed by atoms with Gasteiger partial charge in [-0.05, 0) is 48.2 Å². The van der Waals surface area contributed by atoms with Crippen molar-refractivity contribution >= 4 is 47.8 Å². The molecule has 0 aliphatic heterocycles. The zero-order valence-electron chi connectivity index (χ0n) is 11.7. The van der Waals surface area contributed by atoms with Crippen LogP contribution in [0.1, 0.15) is 16.7 Å². The minimum atomic E-state index is -0.198. The standard InChI is InChI=1S/C17H16Br3F/c1-12-4-2-3-5-15(12)17(10-18,11-19)9-13-8-14(21)6-7-16(13)20/h2-8H,9-11H2,1H3. The van der Waals surface area contributed by atoms with Crippen LogP contribution in [0.3, 0.4) is 0 Å². The van der Waals surface area contributed by atoms with Gasteiger partial charge in [-0.3, -0.25) is 0 Å². The summed E-state index contributed by atoms with van der Waals surface area (Å²) < 4.78 is 14.5. The lowest BCUT2D eigenvalue weighted by Crippen LogP contribution is -2.34. The summed E-state index contributed by atoms with van der Waals surface area (Å²) >= 11 is 10.9. The van der Waals surface area contributed by atoms with Gasteiger partial charge in [-0.15, -0.1) is 0 Å². The molecule has 0 heterocycles. The molecule has 0 aromatic heterocycles. The number of alkyl halides is 2. The van der Waals surface area contributed by atoms with Gasteiger partial charge in [0, 0.05) is 20.5 Å². The lowest BCUT2D eigenvalue weighted by atomic mass is 9.77. The zero-order valence-corrected chi connectivity index (χ0v) is 16.4. The van der Waals surface area contributed by atoms with Gasteiger partial charge in [0.1, 0.15) is 5.82 Å². The molecule has 0 aliphatic rings. The molecule has 2 rings (SSSR count). The Kier molecular flexibility index (Phi) is 6.04. The molecule has 0 amide bonds. The molecule has 21 heavy (non-hydrogen) atoms. The lowest BCUT2D eigenvalue weighted by molar-refractivity contribution is 0.542. The topological polar surface area (TPSA) is 0 Å². The molecule has 0 spiro atoms. The number of rotatable bonds is 5. The fourth-order valence-electron chi connectivity index (χ4n) is 2.58. The van der Waals surface area contributed by atoms with Crippen LogP contribution in [-0.2, 0) is 11.8 Å². The highest BCUT2D eigenvalue weighted by Gasteiger charge is 2.32. The Morgan fingerprint density at radius 1 is 1.05 bits per heavy atom. The van der Waals surface area contributed by atoms with Crippen LogP contribution < -0.4 is 0 Å². The van der Waals surface area contributed by atoms with Gasteiger partial charge in [-0.2, -0.15) is 0 Å². The molecule has 0 saturated carbocycles. The van der Waals surface area contributed by atoms with E-state index in [2.05, 4.69) is 72.9 Å². The van der Waals surface area contributed by atoms with E-state index in [0.717, 1.165) is 27.1 Å². The Bertz CT molecular complexity index is 621. The van der Waals surface area contributed by atoms with E-state index in [0.29, 0.717) is 0 Å². The Labute approximate surface area is 150 Å². The molecule has 112 valence electrons. The highest BCUT2D eigenvalue weighted by Crippen LogP contribution is 2.36. The van der Waals surface area contributed by atoms with E-state index >= 15 is 0 Å². The summed E-state index contributed by atoms with van der Waals surface area (Å²) in [5.41, 5.74) is 3.41. The number of benzene rings is 2. The monoisotopic (exact) mass is 476 g/mol. The molecule has 0 fully saturated rings. The average molecular weight is 479 g/mol. The molecule has 0 aliphatic carbocycles. The lowest BCUT2D eigenvalue weighted by Gasteiger charge is -2.32. The van der Waals surface area contributed by atoms with Gasteiger partial charge < -0.3 is 0 Å². The highest BCUT2D eigenvalue weighted by atomic mass is 79.9. The van der Waals surface area contributed by atoms with Crippen molar-refractivity contribution < 1.29 is 4.39 Å². The Hall–Kier alpha value is -0.190. The molecule has 0 saturated heterocycles. The number of aryl methyl sites for hydroxylation is 1. The third kappa shape index (κ3) is 3.77. The smallest absolute Gasteiger partial charge is 0.123 e. The van der Waals surface area contributed by atoms with Gasteiger partial charge in [0.05, 0.1) is 0 Å². The van der Waals surface area contributed by atoms with Crippen molar-refractivity contribution in [3.8, 4) is 0 Å². The fourth-order valence-corrected chi connectivity index (χ4v) is 4.90. The van der Waals surface area contributed by atoms with Crippen LogP contribution in [0.15, 0.2) is 46.9 Å². The van der Waals surface area contributed by atoms with E-state index in [-0.39, 0.29) is 11.2 Å². The summed E-state index contributed by atoms with van der Waals surface area (Å²) in [6, 6.07) is 13.2. The first kappa shape index (κ1) is 17.2. The maximum absolute atomic E-state index is 13.6. The third-order valence-corrected chi connectivity index (χ3v) is 6.68. The summed E-state index contributed by atoms with van der Waals surface area (Å²) in [5, 5.41) is 1.61. The molecule has 0 unspecified atom stereocenters. The first-order chi connectivity index (χ1) is 10.0. The second-order valence-corrected chi connectivity index (χ2v) is 7.25. The Balaban J connectivity index is 2.48. The summed E-state index contributed by atoms with van der Waals surface area (Å²) in [6.07, 6.45) is 0.757. The SMILES string of the molecule is Cc1ccccc1C(CBr)(CBr)Cc1cc(F)ccc1Br. The molecule has 0 N–H and O–H groups in total. The summed E-state index contributed by atoms with van der Waals surface area (Å²) in [4.78, 5) is 0. The van der Waals surface area contributed by atoms with E-state index in [4.69, 9.17) is 0 Å². The van der Waals surface area contributed by atoms with E-state index in [1.54, 1.807) is 12.1 Å². The maximum atomic E-state index is 13.6. The highest BCUT2D eigenvalue weighted by molar-refractivity contribution is 9.10. The first-order valence-corrected chi connectivity index (χ1v) is 9.68. The van der Waals surface area contributed by atoms with Gasteiger partial charge in [0.2, 0.25) is 0 Å². The molecule has 0 bridgehead atoms. The fraction of sp³-hybridized carbons (Fsp3) is 0.294. The van der Waals surface area contributed by atoms with Crippen molar-refractivity contribution in [1.82, 2.24) is 0 Å². The van der Waals surface area contributed by atoms with Gasteiger partial charge >= 0.3 is 0 Å². The number of halogens is 4. The quantitative estimate of drug-likeness (QED) is 0.451. The Morgan fingerprint density at radius 2 is 1.71 bits per heavy atom. The number of hydrogen-bond donors (Lipinski definition) is 0. The van der Waals surface area contributed by atoms with E-state index in [9.17, 15) is 4.39 Å². The summed E-state index contributed by atoms with van der Waals surface area (Å²) in [5.74, 6) is -0.198. The normalized spacial score (nSPS) is 11.7. The van der Waals surface area contributed by atoms with Crippen LogP contribution in [0.2, 0.25) is 0 Å². The molecular weight excluding hydrogens is 463 g/mol. The predicted octanol–water partition coefficient (Wildman–Crippen LogP) is 6.17. The van der Waals surface area contributed by atoms with E-state index in [1.165, 1.54) is 17.2 Å². The van der Waals surface area contributed by atoms with Crippen LogP contribution in [0.4, 0.5) is 4.39 Å². The van der Waals surface area contributed by atoms with Crippen molar-refractivity contribution in [2.75, 3.05) is 10.7 Å². The van der Waals surface area contributed by atoms with Crippen LogP contribution in [0.5, 0.6) is 0 Å². The maximum Gasteiger partial charge on any atom is 0.123 e. The average Bonchev–Trinajstić information content (AvgIpc) is 2.49. The van der Waals surface area contributed by atoms with Crippen molar-refractivity contribution in [1.29, 1.82) is 0 Å². The predicted molar refractivity (Wildman–Crippen MR) is 98.2 cm³/mol.